The van der Waals surface area contributed by atoms with Gasteiger partial charge in [-0.2, -0.15) is 0 Å². The Kier molecular flexibility index (Phi) is 2.68. The Morgan fingerprint density at radius 2 is 2.42 bits per heavy atom. The van der Waals surface area contributed by atoms with Gasteiger partial charge in [0.25, 0.3) is 0 Å². The first kappa shape index (κ1) is 9.03. The second-order valence-corrected chi connectivity index (χ2v) is 3.16. The average molecular weight is 168 g/mol. The monoisotopic (exact) mass is 168 g/mol. The summed E-state index contributed by atoms with van der Waals surface area (Å²) in [6, 6.07) is -0.0885. The van der Waals surface area contributed by atoms with E-state index in [-0.39, 0.29) is 17.9 Å². The minimum absolute atomic E-state index is 0.0334. The van der Waals surface area contributed by atoms with Crippen LogP contribution in [0.3, 0.4) is 0 Å². The number of azide groups is 1. The van der Waals surface area contributed by atoms with E-state index >= 15 is 0 Å². The van der Waals surface area contributed by atoms with Crippen LogP contribution in [0.15, 0.2) is 5.11 Å². The third kappa shape index (κ3) is 1.75. The molecule has 0 N–H and O–H groups in total. The van der Waals surface area contributed by atoms with Crippen molar-refractivity contribution in [2.24, 2.45) is 5.11 Å². The summed E-state index contributed by atoms with van der Waals surface area (Å²) in [5.74, 6) is 0.146. The largest absolute Gasteiger partial charge is 0.298 e. The van der Waals surface area contributed by atoms with Crippen molar-refractivity contribution in [1.82, 2.24) is 4.90 Å². The van der Waals surface area contributed by atoms with Gasteiger partial charge >= 0.3 is 0 Å². The smallest absolute Gasteiger partial charge is 0.146 e. The Hall–Kier alpha value is -1.06. The van der Waals surface area contributed by atoms with Gasteiger partial charge in [0.05, 0.1) is 12.1 Å². The van der Waals surface area contributed by atoms with Crippen molar-refractivity contribution < 1.29 is 4.79 Å². The van der Waals surface area contributed by atoms with Crippen LogP contribution in [-0.2, 0) is 4.79 Å². The first-order chi connectivity index (χ1) is 5.65. The molecule has 12 heavy (non-hydrogen) atoms. The van der Waals surface area contributed by atoms with Gasteiger partial charge in [-0.1, -0.05) is 5.11 Å². The molecule has 1 saturated heterocycles. The summed E-state index contributed by atoms with van der Waals surface area (Å²) >= 11 is 0. The zero-order valence-electron chi connectivity index (χ0n) is 7.27. The van der Waals surface area contributed by atoms with E-state index in [2.05, 4.69) is 10.0 Å². The number of likely N-dealkylation sites (tertiary alicyclic amines) is 1. The van der Waals surface area contributed by atoms with E-state index in [0.29, 0.717) is 13.0 Å². The predicted octanol–water partition coefficient (Wildman–Crippen LogP) is 0.958. The van der Waals surface area contributed by atoms with Gasteiger partial charge < -0.3 is 0 Å². The maximum atomic E-state index is 11.0. The van der Waals surface area contributed by atoms with Crippen molar-refractivity contribution in [1.29, 1.82) is 0 Å². The van der Waals surface area contributed by atoms with E-state index in [1.807, 2.05) is 11.9 Å². The normalized spacial score (nSPS) is 29.8. The molecule has 0 amide bonds. The van der Waals surface area contributed by atoms with E-state index in [1.54, 1.807) is 6.92 Å². The second kappa shape index (κ2) is 3.56. The van der Waals surface area contributed by atoms with Gasteiger partial charge in [-0.3, -0.25) is 9.69 Å². The molecule has 0 aliphatic carbocycles. The summed E-state index contributed by atoms with van der Waals surface area (Å²) in [4.78, 5) is 15.7. The highest BCUT2D eigenvalue weighted by atomic mass is 16.1. The van der Waals surface area contributed by atoms with Crippen LogP contribution in [-0.4, -0.2) is 36.4 Å². The molecule has 0 saturated carbocycles. The van der Waals surface area contributed by atoms with E-state index in [1.165, 1.54) is 0 Å². The number of nitrogens with zero attached hydrogens (tertiary/aromatic N) is 4. The Morgan fingerprint density at radius 1 is 1.75 bits per heavy atom. The molecule has 2 atom stereocenters. The lowest BCUT2D eigenvalue weighted by Crippen LogP contribution is -2.30. The number of rotatable bonds is 2. The number of carbonyl (C=O) groups excluding carboxylic acids is 1. The van der Waals surface area contributed by atoms with Gasteiger partial charge in [0.2, 0.25) is 0 Å². The molecule has 1 rings (SSSR count). The Labute approximate surface area is 71.0 Å². The Morgan fingerprint density at radius 3 is 2.83 bits per heavy atom. The van der Waals surface area contributed by atoms with Crippen molar-refractivity contribution in [2.45, 2.75) is 25.4 Å². The SMILES string of the molecule is CC(=O)C1CC(N=[N+]=[N-])CN1C. The molecule has 1 aliphatic rings. The molecule has 1 fully saturated rings. The molecule has 1 heterocycles. The fourth-order valence-corrected chi connectivity index (χ4v) is 1.60. The molecule has 1 aliphatic heterocycles. The van der Waals surface area contributed by atoms with Crippen molar-refractivity contribution in [3.63, 3.8) is 0 Å². The molecule has 0 aromatic rings. The lowest BCUT2D eigenvalue weighted by molar-refractivity contribution is -0.120. The molecule has 0 aromatic carbocycles. The first-order valence-corrected chi connectivity index (χ1v) is 3.90. The van der Waals surface area contributed by atoms with Crippen molar-refractivity contribution in [3.05, 3.63) is 10.4 Å². The minimum Gasteiger partial charge on any atom is -0.298 e. The van der Waals surface area contributed by atoms with E-state index in [9.17, 15) is 4.79 Å². The third-order valence-corrected chi connectivity index (χ3v) is 2.21. The van der Waals surface area contributed by atoms with E-state index in [0.717, 1.165) is 0 Å². The molecular weight excluding hydrogens is 156 g/mol. The summed E-state index contributed by atoms with van der Waals surface area (Å²) in [7, 11) is 1.87. The Bertz CT molecular complexity index is 234. The van der Waals surface area contributed by atoms with Crippen LogP contribution < -0.4 is 0 Å². The topological polar surface area (TPSA) is 69.1 Å². The van der Waals surface area contributed by atoms with Gasteiger partial charge in [-0.25, -0.2) is 0 Å². The van der Waals surface area contributed by atoms with Gasteiger partial charge in [0, 0.05) is 11.5 Å². The number of hydrogen-bond donors (Lipinski definition) is 0. The highest BCUT2D eigenvalue weighted by molar-refractivity contribution is 5.81. The third-order valence-electron chi connectivity index (χ3n) is 2.21. The van der Waals surface area contributed by atoms with Crippen LogP contribution in [0.25, 0.3) is 10.4 Å². The van der Waals surface area contributed by atoms with Crippen LogP contribution in [0, 0.1) is 0 Å². The fourth-order valence-electron chi connectivity index (χ4n) is 1.60. The predicted molar refractivity (Wildman–Crippen MR) is 44.7 cm³/mol. The molecule has 2 unspecified atom stereocenters. The van der Waals surface area contributed by atoms with E-state index < -0.39 is 0 Å². The molecule has 0 radical (unpaired) electrons. The summed E-state index contributed by atoms with van der Waals surface area (Å²) in [6.45, 7) is 2.26. The zero-order valence-corrected chi connectivity index (χ0v) is 7.27. The van der Waals surface area contributed by atoms with Crippen molar-refractivity contribution in [3.8, 4) is 0 Å². The van der Waals surface area contributed by atoms with Gasteiger partial charge in [-0.05, 0) is 25.9 Å². The van der Waals surface area contributed by atoms with E-state index in [4.69, 9.17) is 5.53 Å². The summed E-state index contributed by atoms with van der Waals surface area (Å²) in [5, 5.41) is 3.59. The molecule has 66 valence electrons. The van der Waals surface area contributed by atoms with Crippen molar-refractivity contribution in [2.75, 3.05) is 13.6 Å². The molecule has 0 aromatic heterocycles. The quantitative estimate of drug-likeness (QED) is 0.350. The molecule has 5 heteroatoms. The standard InChI is InChI=1S/C7H12N4O/c1-5(12)7-3-6(9-10-8)4-11(7)2/h6-7H,3-4H2,1-2H3. The average Bonchev–Trinajstić information content (AvgIpc) is 2.32. The number of hydrogen-bond acceptors (Lipinski definition) is 3. The van der Waals surface area contributed by atoms with Crippen LogP contribution in [0.4, 0.5) is 0 Å². The van der Waals surface area contributed by atoms with Crippen molar-refractivity contribution >= 4 is 5.78 Å². The van der Waals surface area contributed by atoms with Crippen LogP contribution >= 0.6 is 0 Å². The second-order valence-electron chi connectivity index (χ2n) is 3.16. The fraction of sp³-hybridized carbons (Fsp3) is 0.857. The molecular formula is C7H12N4O. The highest BCUT2D eigenvalue weighted by Gasteiger charge is 2.31. The minimum atomic E-state index is -0.0551. The number of likely N-dealkylation sites (N-methyl/N-ethyl adjacent to an activating group) is 1. The lowest BCUT2D eigenvalue weighted by atomic mass is 10.1. The molecule has 5 nitrogen and oxygen atoms in total. The maximum Gasteiger partial charge on any atom is 0.146 e. The number of carbonyl (C=O) groups is 1. The number of ketones is 1. The van der Waals surface area contributed by atoms with Crippen LogP contribution in [0.2, 0.25) is 0 Å². The van der Waals surface area contributed by atoms with Gasteiger partial charge in [0.1, 0.15) is 5.78 Å². The lowest BCUT2D eigenvalue weighted by Gasteiger charge is -2.14. The number of Topliss-reactive ketones (excluding diaryl/α,β-unsaturated/α-hetero) is 1. The summed E-state index contributed by atoms with van der Waals surface area (Å²) in [5.41, 5.74) is 8.19. The van der Waals surface area contributed by atoms with Gasteiger partial charge in [0.15, 0.2) is 0 Å². The zero-order chi connectivity index (χ0) is 9.14. The Balaban J connectivity index is 2.61. The molecule has 0 bridgehead atoms. The molecule has 0 spiro atoms. The first-order valence-electron chi connectivity index (χ1n) is 3.90. The van der Waals surface area contributed by atoms with Crippen LogP contribution in [0.1, 0.15) is 13.3 Å². The van der Waals surface area contributed by atoms with Crippen LogP contribution in [0.5, 0.6) is 0 Å². The maximum absolute atomic E-state index is 11.0. The highest BCUT2D eigenvalue weighted by Crippen LogP contribution is 2.18. The summed E-state index contributed by atoms with van der Waals surface area (Å²) < 4.78 is 0. The van der Waals surface area contributed by atoms with Gasteiger partial charge in [-0.15, -0.1) is 0 Å². The summed E-state index contributed by atoms with van der Waals surface area (Å²) in [6.07, 6.45) is 0.663.